The highest BCUT2D eigenvalue weighted by Gasteiger charge is 2.47. The number of piperidine rings is 1. The maximum Gasteiger partial charge on any atom is 0.271 e. The van der Waals surface area contributed by atoms with Gasteiger partial charge >= 0.3 is 0 Å². The fourth-order valence-electron chi connectivity index (χ4n) is 6.53. The number of aromatic nitrogens is 1. The maximum atomic E-state index is 14.1. The molecule has 1 aromatic heterocycles. The van der Waals surface area contributed by atoms with Crippen LogP contribution in [0, 0.1) is 18.8 Å². The average molecular weight is 531 g/mol. The second kappa shape index (κ2) is 11.0. The predicted octanol–water partition coefficient (Wildman–Crippen LogP) is 4.86. The van der Waals surface area contributed by atoms with Crippen molar-refractivity contribution in [2.45, 2.75) is 59.2 Å². The van der Waals surface area contributed by atoms with Crippen molar-refractivity contribution in [2.24, 2.45) is 11.8 Å². The molecule has 39 heavy (non-hydrogen) atoms. The van der Waals surface area contributed by atoms with Crippen LogP contribution in [0.1, 0.15) is 55.2 Å². The molecule has 2 aromatic carbocycles. The molecule has 5 rings (SSSR count). The van der Waals surface area contributed by atoms with Crippen molar-refractivity contribution < 1.29 is 14.3 Å². The summed E-state index contributed by atoms with van der Waals surface area (Å²) in [5, 5.41) is 4.16. The van der Waals surface area contributed by atoms with Gasteiger partial charge in [-0.25, -0.2) is 0 Å². The number of likely N-dealkylation sites (tertiary alicyclic amines) is 1. The third-order valence-corrected chi connectivity index (χ3v) is 8.60. The molecule has 0 radical (unpaired) electrons. The van der Waals surface area contributed by atoms with E-state index < -0.39 is 5.54 Å². The van der Waals surface area contributed by atoms with Crippen LogP contribution in [0.15, 0.2) is 48.5 Å². The van der Waals surface area contributed by atoms with Gasteiger partial charge in [-0.15, -0.1) is 0 Å². The largest absolute Gasteiger partial charge is 0.497 e. The number of fused-ring (bicyclic) bond motifs is 3. The lowest BCUT2D eigenvalue weighted by Crippen LogP contribution is -2.63. The molecule has 1 N–H and O–H groups in total. The lowest BCUT2D eigenvalue weighted by molar-refractivity contribution is -0.133. The van der Waals surface area contributed by atoms with E-state index in [0.29, 0.717) is 25.3 Å². The Morgan fingerprint density at radius 2 is 1.85 bits per heavy atom. The van der Waals surface area contributed by atoms with Gasteiger partial charge in [-0.2, -0.15) is 0 Å². The summed E-state index contributed by atoms with van der Waals surface area (Å²) in [6, 6.07) is 15.8. The summed E-state index contributed by atoms with van der Waals surface area (Å²) in [5.41, 5.74) is 2.61. The Hall–Kier alpha value is -3.32. The Kier molecular flexibility index (Phi) is 7.72. The SMILES string of the molecule is COc1ccc2cc3n(c2c1)C[C@](C)(C(=O)NCCCN1C[C@H](C)C[C@H](C)C1)N(Cc1ccccc1C)C3=O. The normalized spacial score (nSPS) is 23.6. The smallest absolute Gasteiger partial charge is 0.271 e. The quantitative estimate of drug-likeness (QED) is 0.423. The van der Waals surface area contributed by atoms with E-state index in [1.807, 2.05) is 66.9 Å². The third-order valence-electron chi connectivity index (χ3n) is 8.60. The van der Waals surface area contributed by atoms with E-state index in [4.69, 9.17) is 4.74 Å². The number of ether oxygens (including phenoxy) is 1. The van der Waals surface area contributed by atoms with Gasteiger partial charge in [0.1, 0.15) is 17.0 Å². The van der Waals surface area contributed by atoms with Crippen molar-refractivity contribution in [1.29, 1.82) is 0 Å². The molecule has 3 atom stereocenters. The van der Waals surface area contributed by atoms with Gasteiger partial charge in [-0.3, -0.25) is 9.59 Å². The third kappa shape index (κ3) is 5.42. The van der Waals surface area contributed by atoms with Crippen molar-refractivity contribution in [3.8, 4) is 5.75 Å². The van der Waals surface area contributed by atoms with Crippen molar-refractivity contribution in [3.63, 3.8) is 0 Å². The van der Waals surface area contributed by atoms with Gasteiger partial charge in [0.05, 0.1) is 19.2 Å². The molecule has 0 spiro atoms. The van der Waals surface area contributed by atoms with E-state index >= 15 is 0 Å². The number of rotatable bonds is 8. The summed E-state index contributed by atoms with van der Waals surface area (Å²) in [6.45, 7) is 13.2. The van der Waals surface area contributed by atoms with Gasteiger partial charge in [0, 0.05) is 37.6 Å². The van der Waals surface area contributed by atoms with E-state index in [1.54, 1.807) is 12.0 Å². The number of nitrogens with one attached hydrogen (secondary N) is 1. The lowest BCUT2D eigenvalue weighted by atomic mass is 9.92. The summed E-state index contributed by atoms with van der Waals surface area (Å²) in [5.74, 6) is 1.92. The zero-order chi connectivity index (χ0) is 27.7. The van der Waals surface area contributed by atoms with Crippen molar-refractivity contribution in [3.05, 3.63) is 65.4 Å². The van der Waals surface area contributed by atoms with Crippen LogP contribution in [0.4, 0.5) is 0 Å². The second-order valence-electron chi connectivity index (χ2n) is 11.9. The Morgan fingerprint density at radius 1 is 1.10 bits per heavy atom. The van der Waals surface area contributed by atoms with Crippen LogP contribution >= 0.6 is 0 Å². The van der Waals surface area contributed by atoms with Crippen LogP contribution in [0.3, 0.4) is 0 Å². The molecule has 2 aliphatic rings. The summed E-state index contributed by atoms with van der Waals surface area (Å²) in [7, 11) is 1.64. The zero-order valence-corrected chi connectivity index (χ0v) is 24.0. The topological polar surface area (TPSA) is 66.8 Å². The minimum absolute atomic E-state index is 0.111. The highest BCUT2D eigenvalue weighted by Crippen LogP contribution is 2.35. The van der Waals surface area contributed by atoms with Gasteiger partial charge in [-0.05, 0) is 74.4 Å². The van der Waals surface area contributed by atoms with Crippen LogP contribution in [0.2, 0.25) is 0 Å². The van der Waals surface area contributed by atoms with Crippen LogP contribution in [0.5, 0.6) is 5.75 Å². The maximum absolute atomic E-state index is 14.1. The molecule has 0 bridgehead atoms. The van der Waals surface area contributed by atoms with E-state index in [0.717, 1.165) is 65.7 Å². The molecule has 1 fully saturated rings. The number of carbonyl (C=O) groups is 2. The van der Waals surface area contributed by atoms with Gasteiger partial charge in [0.25, 0.3) is 5.91 Å². The minimum Gasteiger partial charge on any atom is -0.497 e. The Balaban J connectivity index is 1.39. The summed E-state index contributed by atoms with van der Waals surface area (Å²) >= 11 is 0. The molecule has 7 nitrogen and oxygen atoms in total. The van der Waals surface area contributed by atoms with Gasteiger partial charge in [-0.1, -0.05) is 38.1 Å². The number of carbonyl (C=O) groups excluding carboxylic acids is 2. The first-order chi connectivity index (χ1) is 18.7. The van der Waals surface area contributed by atoms with Gasteiger partial charge < -0.3 is 24.4 Å². The van der Waals surface area contributed by atoms with E-state index in [9.17, 15) is 9.59 Å². The average Bonchev–Trinajstić information content (AvgIpc) is 3.26. The molecule has 7 heteroatoms. The fraction of sp³-hybridized carbons (Fsp3) is 0.500. The molecule has 0 unspecified atom stereocenters. The molecule has 2 aliphatic heterocycles. The molecule has 208 valence electrons. The number of aryl methyl sites for hydroxylation is 1. The second-order valence-corrected chi connectivity index (χ2v) is 11.9. The highest BCUT2D eigenvalue weighted by atomic mass is 16.5. The van der Waals surface area contributed by atoms with E-state index in [1.165, 1.54) is 6.42 Å². The first-order valence-corrected chi connectivity index (χ1v) is 14.2. The number of methoxy groups -OCH3 is 1. The first kappa shape index (κ1) is 27.3. The standard InChI is InChI=1S/C32H42N4O3/c1-22-15-23(2)19-34(18-22)14-8-13-33-31(38)32(4)21-35-28-17-27(39-5)12-11-25(28)16-29(35)30(37)36(32)20-26-10-7-6-9-24(26)3/h6-7,9-12,16-17,22-23H,8,13-15,18-21H2,1-5H3,(H,33,38)/t22-,23+,32-/m1/s1. The first-order valence-electron chi connectivity index (χ1n) is 14.2. The van der Waals surface area contributed by atoms with Crippen molar-refractivity contribution in [1.82, 2.24) is 19.7 Å². The lowest BCUT2D eigenvalue weighted by Gasteiger charge is -2.44. The van der Waals surface area contributed by atoms with Crippen LogP contribution in [-0.2, 0) is 17.9 Å². The molecule has 0 saturated carbocycles. The summed E-state index contributed by atoms with van der Waals surface area (Å²) < 4.78 is 7.45. The van der Waals surface area contributed by atoms with E-state index in [2.05, 4.69) is 24.1 Å². The summed E-state index contributed by atoms with van der Waals surface area (Å²) in [6.07, 6.45) is 2.18. The highest BCUT2D eigenvalue weighted by molar-refractivity contribution is 6.03. The monoisotopic (exact) mass is 530 g/mol. The van der Waals surface area contributed by atoms with Crippen LogP contribution < -0.4 is 10.1 Å². The van der Waals surface area contributed by atoms with Crippen LogP contribution in [0.25, 0.3) is 10.9 Å². The van der Waals surface area contributed by atoms with Gasteiger partial charge in [0.15, 0.2) is 0 Å². The van der Waals surface area contributed by atoms with Crippen molar-refractivity contribution in [2.75, 3.05) is 33.3 Å². The number of hydrogen-bond acceptors (Lipinski definition) is 4. The van der Waals surface area contributed by atoms with Crippen LogP contribution in [-0.4, -0.2) is 65.0 Å². The summed E-state index contributed by atoms with van der Waals surface area (Å²) in [4.78, 5) is 32.3. The van der Waals surface area contributed by atoms with E-state index in [-0.39, 0.29) is 11.8 Å². The number of hydrogen-bond donors (Lipinski definition) is 1. The molecule has 1 saturated heterocycles. The number of benzene rings is 2. The number of nitrogens with zero attached hydrogens (tertiary/aromatic N) is 3. The Labute approximate surface area is 232 Å². The van der Waals surface area contributed by atoms with Crippen molar-refractivity contribution >= 4 is 22.7 Å². The van der Waals surface area contributed by atoms with Gasteiger partial charge in [0.2, 0.25) is 5.91 Å². The molecular weight excluding hydrogens is 488 g/mol. The Morgan fingerprint density at radius 3 is 2.56 bits per heavy atom. The molecular formula is C32H42N4O3. The zero-order valence-electron chi connectivity index (χ0n) is 24.0. The number of amides is 2. The Bertz CT molecular complexity index is 1350. The molecule has 3 heterocycles. The molecule has 3 aromatic rings. The minimum atomic E-state index is -1.05. The fourth-order valence-corrected chi connectivity index (χ4v) is 6.53. The predicted molar refractivity (Wildman–Crippen MR) is 155 cm³/mol. The molecule has 0 aliphatic carbocycles. The molecule has 2 amide bonds.